The van der Waals surface area contributed by atoms with E-state index >= 15 is 0 Å². The van der Waals surface area contributed by atoms with Crippen LogP contribution in [0.2, 0.25) is 12.1 Å². The summed E-state index contributed by atoms with van der Waals surface area (Å²) >= 11 is 0. The third kappa shape index (κ3) is 3.49. The largest absolute Gasteiger partial charge is 0.382 e. The van der Waals surface area contributed by atoms with Crippen molar-refractivity contribution in [1.82, 2.24) is 0 Å². The summed E-state index contributed by atoms with van der Waals surface area (Å²) in [6.45, 7) is 8.62. The van der Waals surface area contributed by atoms with E-state index in [1.165, 1.54) is 31.4 Å². The van der Waals surface area contributed by atoms with Gasteiger partial charge < -0.3 is 4.74 Å². The van der Waals surface area contributed by atoms with Crippen LogP contribution in [-0.4, -0.2) is 21.1 Å². The summed E-state index contributed by atoms with van der Waals surface area (Å²) in [5.41, 5.74) is 0.588. The monoisotopic (exact) mass is 196 g/mol. The highest BCUT2D eigenvalue weighted by Gasteiger charge is 2.23. The molecule has 1 unspecified atom stereocenters. The van der Waals surface area contributed by atoms with E-state index in [1.807, 2.05) is 0 Å². The van der Waals surface area contributed by atoms with Gasteiger partial charge in [0.15, 0.2) is 0 Å². The summed E-state index contributed by atoms with van der Waals surface area (Å²) in [5.74, 6) is 0. The first-order valence-corrected chi connectivity index (χ1v) is 7.52. The lowest BCUT2D eigenvalue weighted by atomic mass is 10.2. The highest BCUT2D eigenvalue weighted by Crippen LogP contribution is 2.19. The average Bonchev–Trinajstić information content (AvgIpc) is 2.19. The second-order valence-electron chi connectivity index (χ2n) is 3.71. The second kappa shape index (κ2) is 6.16. The minimum Gasteiger partial charge on any atom is -0.382 e. The quantitative estimate of drug-likeness (QED) is 0.485. The molecule has 0 aromatic rings. The number of hydrogen-bond donors (Lipinski definition) is 0. The Labute approximate surface area is 83.1 Å². The van der Waals surface area contributed by atoms with Gasteiger partial charge in [-0.3, -0.25) is 0 Å². The van der Waals surface area contributed by atoms with Crippen molar-refractivity contribution in [2.24, 2.45) is 0 Å². The fraction of sp³-hybridized carbons (Fsp3) is 0.636. The van der Waals surface area contributed by atoms with Gasteiger partial charge in [0, 0.05) is 12.3 Å². The van der Waals surface area contributed by atoms with Gasteiger partial charge in [0.1, 0.15) is 0 Å². The van der Waals surface area contributed by atoms with Gasteiger partial charge in [0.2, 0.25) is 0 Å². The van der Waals surface area contributed by atoms with Crippen LogP contribution in [0.3, 0.4) is 0 Å². The molecule has 0 N–H and O–H groups in total. The molecule has 13 heavy (non-hydrogen) atoms. The third-order valence-electron chi connectivity index (χ3n) is 2.68. The molecule has 1 aliphatic heterocycles. The Hall–Kier alpha value is -0.343. The van der Waals surface area contributed by atoms with Crippen LogP contribution in [0.4, 0.5) is 0 Å². The Morgan fingerprint density at radius 2 is 1.92 bits per heavy atom. The molecule has 1 fully saturated rings. The maximum atomic E-state index is 5.81. The standard InChI is InChI=1S/C11H20OSi/c1-3-9-13(10-4-2)11-7-5-6-8-12-11/h3-4,11,13H,1-2,5-10H2. The summed E-state index contributed by atoms with van der Waals surface area (Å²) < 4.78 is 5.81. The van der Waals surface area contributed by atoms with Gasteiger partial charge in [-0.05, 0) is 31.4 Å². The minimum absolute atomic E-state index is 0.588. The maximum Gasteiger partial charge on any atom is 0.0790 e. The lowest BCUT2D eigenvalue weighted by molar-refractivity contribution is 0.0625. The molecule has 0 aromatic carbocycles. The highest BCUT2D eigenvalue weighted by molar-refractivity contribution is 6.61. The van der Waals surface area contributed by atoms with E-state index in [9.17, 15) is 0 Å². The van der Waals surface area contributed by atoms with Crippen LogP contribution in [0.5, 0.6) is 0 Å². The van der Waals surface area contributed by atoms with Crippen LogP contribution in [0, 0.1) is 0 Å². The van der Waals surface area contributed by atoms with Gasteiger partial charge in [-0.25, -0.2) is 0 Å². The Bertz CT molecular complexity index is 151. The number of allylic oxidation sites excluding steroid dienone is 2. The molecule has 1 nitrogen and oxygen atoms in total. The molecule has 0 aromatic heterocycles. The van der Waals surface area contributed by atoms with E-state index in [4.69, 9.17) is 4.74 Å². The molecule has 1 aliphatic rings. The zero-order chi connectivity index (χ0) is 9.52. The molecule has 2 heteroatoms. The van der Waals surface area contributed by atoms with E-state index in [0.717, 1.165) is 6.61 Å². The van der Waals surface area contributed by atoms with E-state index in [-0.39, 0.29) is 0 Å². The molecule has 0 saturated carbocycles. The van der Waals surface area contributed by atoms with Gasteiger partial charge >= 0.3 is 0 Å². The summed E-state index contributed by atoms with van der Waals surface area (Å²) in [6, 6.07) is 2.38. The number of ether oxygens (including phenoxy) is 1. The van der Waals surface area contributed by atoms with Crippen LogP contribution in [0.1, 0.15) is 19.3 Å². The van der Waals surface area contributed by atoms with Gasteiger partial charge in [-0.15, -0.1) is 13.2 Å². The summed E-state index contributed by atoms with van der Waals surface area (Å²) in [6.07, 6.45) is 7.98. The Morgan fingerprint density at radius 1 is 1.23 bits per heavy atom. The molecule has 1 heterocycles. The zero-order valence-electron chi connectivity index (χ0n) is 8.37. The second-order valence-corrected chi connectivity index (χ2v) is 6.92. The van der Waals surface area contributed by atoms with Crippen LogP contribution in [0.25, 0.3) is 0 Å². The molecule has 0 spiro atoms. The van der Waals surface area contributed by atoms with Gasteiger partial charge in [-0.2, -0.15) is 0 Å². The molecule has 1 saturated heterocycles. The SMILES string of the molecule is C=CC[SiH](CC=C)C1CCCCO1. The molecule has 0 bridgehead atoms. The van der Waals surface area contributed by atoms with Crippen molar-refractivity contribution in [2.75, 3.05) is 6.61 Å². The maximum absolute atomic E-state index is 5.81. The molecule has 1 atom stereocenters. The van der Waals surface area contributed by atoms with Gasteiger partial charge in [0.05, 0.1) is 8.80 Å². The molecule has 74 valence electrons. The Kier molecular flexibility index (Phi) is 5.09. The van der Waals surface area contributed by atoms with Gasteiger partial charge in [0.25, 0.3) is 0 Å². The zero-order valence-corrected chi connectivity index (χ0v) is 9.53. The fourth-order valence-electron chi connectivity index (χ4n) is 1.97. The lowest BCUT2D eigenvalue weighted by Crippen LogP contribution is -2.35. The Balaban J connectivity index is 2.40. The highest BCUT2D eigenvalue weighted by atomic mass is 28.3. The average molecular weight is 196 g/mol. The first-order chi connectivity index (χ1) is 6.38. The summed E-state index contributed by atoms with van der Waals surface area (Å²) in [4.78, 5) is 0. The van der Waals surface area contributed by atoms with Crippen molar-refractivity contribution in [3.8, 4) is 0 Å². The van der Waals surface area contributed by atoms with Crippen molar-refractivity contribution < 1.29 is 4.74 Å². The predicted octanol–water partition coefficient (Wildman–Crippen LogP) is 2.69. The van der Waals surface area contributed by atoms with Crippen LogP contribution >= 0.6 is 0 Å². The molecule has 0 aliphatic carbocycles. The minimum atomic E-state index is -0.773. The molecular formula is C11H20OSi. The molecule has 0 radical (unpaired) electrons. The topological polar surface area (TPSA) is 9.23 Å². The fourth-order valence-corrected chi connectivity index (χ4v) is 4.74. The lowest BCUT2D eigenvalue weighted by Gasteiger charge is -2.28. The van der Waals surface area contributed by atoms with E-state index in [1.54, 1.807) is 0 Å². The van der Waals surface area contributed by atoms with Crippen molar-refractivity contribution in [3.63, 3.8) is 0 Å². The summed E-state index contributed by atoms with van der Waals surface area (Å²) in [7, 11) is -0.773. The summed E-state index contributed by atoms with van der Waals surface area (Å²) in [5, 5.41) is 0. The third-order valence-corrected chi connectivity index (χ3v) is 6.13. The molecule has 0 amide bonds. The first-order valence-electron chi connectivity index (χ1n) is 5.22. The smallest absolute Gasteiger partial charge is 0.0790 e. The van der Waals surface area contributed by atoms with Crippen molar-refractivity contribution in [2.45, 2.75) is 37.1 Å². The van der Waals surface area contributed by atoms with Crippen molar-refractivity contribution >= 4 is 8.80 Å². The molecule has 1 rings (SSSR count). The van der Waals surface area contributed by atoms with Crippen molar-refractivity contribution in [3.05, 3.63) is 25.3 Å². The first kappa shape index (κ1) is 10.7. The Morgan fingerprint density at radius 3 is 2.38 bits per heavy atom. The van der Waals surface area contributed by atoms with Crippen LogP contribution < -0.4 is 0 Å². The number of hydrogen-bond acceptors (Lipinski definition) is 1. The van der Waals surface area contributed by atoms with Crippen LogP contribution in [0.15, 0.2) is 25.3 Å². The van der Waals surface area contributed by atoms with E-state index < -0.39 is 8.80 Å². The van der Waals surface area contributed by atoms with Gasteiger partial charge in [-0.1, -0.05) is 12.2 Å². The predicted molar refractivity (Wildman–Crippen MR) is 60.7 cm³/mol. The van der Waals surface area contributed by atoms with Crippen LogP contribution in [-0.2, 0) is 4.74 Å². The van der Waals surface area contributed by atoms with Crippen molar-refractivity contribution in [1.29, 1.82) is 0 Å². The molecular weight excluding hydrogens is 176 g/mol. The normalized spacial score (nSPS) is 23.0. The number of rotatable bonds is 5. The van der Waals surface area contributed by atoms with E-state index in [0.29, 0.717) is 5.73 Å². The van der Waals surface area contributed by atoms with E-state index in [2.05, 4.69) is 25.3 Å².